The highest BCUT2D eigenvalue weighted by Crippen LogP contribution is 2.32. The number of carbonyl (C=O) groups excluding carboxylic acids is 1. The summed E-state index contributed by atoms with van der Waals surface area (Å²) in [7, 11) is 0. The van der Waals surface area contributed by atoms with Crippen molar-refractivity contribution in [2.24, 2.45) is 0 Å². The lowest BCUT2D eigenvalue weighted by Crippen LogP contribution is -2.31. The molecule has 1 fully saturated rings. The molecule has 0 spiro atoms. The van der Waals surface area contributed by atoms with E-state index in [9.17, 15) is 4.79 Å². The number of likely N-dealkylation sites (tertiary alicyclic amines) is 1. The van der Waals surface area contributed by atoms with Crippen LogP contribution in [0, 0.1) is 0 Å². The number of para-hydroxylation sites is 1. The summed E-state index contributed by atoms with van der Waals surface area (Å²) in [4.78, 5) is 23.0. The number of hydrogen-bond acceptors (Lipinski definition) is 4. The molecule has 110 valence electrons. The van der Waals surface area contributed by atoms with Crippen LogP contribution in [0.5, 0.6) is 0 Å². The van der Waals surface area contributed by atoms with Gasteiger partial charge in [-0.2, -0.15) is 5.10 Å². The Labute approximate surface area is 127 Å². The maximum atomic E-state index is 12.9. The van der Waals surface area contributed by atoms with E-state index in [0.717, 1.165) is 36.0 Å². The molecule has 0 radical (unpaired) electrons. The average Bonchev–Trinajstić information content (AvgIpc) is 3.22. The van der Waals surface area contributed by atoms with Gasteiger partial charge in [-0.3, -0.25) is 9.89 Å². The summed E-state index contributed by atoms with van der Waals surface area (Å²) in [5.41, 5.74) is 2.25. The molecule has 0 aliphatic carbocycles. The van der Waals surface area contributed by atoms with Crippen LogP contribution in [0.1, 0.15) is 35.1 Å². The molecular formula is C16H15N5O. The van der Waals surface area contributed by atoms with Gasteiger partial charge in [0.25, 0.3) is 5.91 Å². The van der Waals surface area contributed by atoms with Crippen molar-refractivity contribution in [1.82, 2.24) is 25.1 Å². The zero-order valence-corrected chi connectivity index (χ0v) is 11.9. The predicted octanol–water partition coefficient (Wildman–Crippen LogP) is 2.33. The Balaban J connectivity index is 1.70. The minimum atomic E-state index is -0.0430. The summed E-state index contributed by atoms with van der Waals surface area (Å²) in [5.74, 6) is -0.0430. The van der Waals surface area contributed by atoms with E-state index < -0.39 is 0 Å². The van der Waals surface area contributed by atoms with Crippen molar-refractivity contribution in [2.45, 2.75) is 18.9 Å². The molecule has 1 aliphatic heterocycles. The van der Waals surface area contributed by atoms with Gasteiger partial charge in [0.1, 0.15) is 6.33 Å². The summed E-state index contributed by atoms with van der Waals surface area (Å²) in [6.45, 7) is 0.731. The maximum absolute atomic E-state index is 12.9. The van der Waals surface area contributed by atoms with Crippen LogP contribution < -0.4 is 0 Å². The van der Waals surface area contributed by atoms with E-state index in [1.807, 2.05) is 35.2 Å². The topological polar surface area (TPSA) is 74.8 Å². The van der Waals surface area contributed by atoms with E-state index in [1.165, 1.54) is 6.33 Å². The van der Waals surface area contributed by atoms with Crippen molar-refractivity contribution in [2.75, 3.05) is 6.54 Å². The summed E-state index contributed by atoms with van der Waals surface area (Å²) >= 11 is 0. The molecule has 3 aromatic rings. The first-order chi connectivity index (χ1) is 10.8. The fraction of sp³-hybridized carbons (Fsp3) is 0.250. The largest absolute Gasteiger partial charge is 0.329 e. The second-order valence-electron chi connectivity index (χ2n) is 5.41. The van der Waals surface area contributed by atoms with Crippen molar-refractivity contribution in [1.29, 1.82) is 0 Å². The van der Waals surface area contributed by atoms with Crippen LogP contribution in [0.4, 0.5) is 0 Å². The van der Waals surface area contributed by atoms with Gasteiger partial charge in [0, 0.05) is 18.1 Å². The fourth-order valence-electron chi connectivity index (χ4n) is 3.08. The number of carbonyl (C=O) groups is 1. The average molecular weight is 293 g/mol. The quantitative estimate of drug-likeness (QED) is 0.787. The molecule has 0 bridgehead atoms. The van der Waals surface area contributed by atoms with Gasteiger partial charge in [-0.25, -0.2) is 9.97 Å². The number of fused-ring (bicyclic) bond motifs is 1. The molecule has 1 atom stereocenters. The molecule has 1 N–H and O–H groups in total. The lowest BCUT2D eigenvalue weighted by Gasteiger charge is -2.23. The first-order valence-corrected chi connectivity index (χ1v) is 7.34. The summed E-state index contributed by atoms with van der Waals surface area (Å²) in [6, 6.07) is 9.56. The van der Waals surface area contributed by atoms with Crippen molar-refractivity contribution in [3.63, 3.8) is 0 Å². The van der Waals surface area contributed by atoms with Crippen LogP contribution >= 0.6 is 0 Å². The summed E-state index contributed by atoms with van der Waals surface area (Å²) in [6.07, 6.45) is 5.14. The number of aromatic amines is 1. The fourth-order valence-corrected chi connectivity index (χ4v) is 3.08. The van der Waals surface area contributed by atoms with Crippen LogP contribution in [0.3, 0.4) is 0 Å². The zero-order chi connectivity index (χ0) is 14.9. The standard InChI is InChI=1S/C16H15N5O/c22-16(15-11-4-1-2-5-12(11)19-20-15)21-9-3-6-14(21)13-7-8-17-10-18-13/h1-2,4-5,7-8,10,14H,3,6,9H2,(H,19,20). The van der Waals surface area contributed by atoms with Crippen molar-refractivity contribution < 1.29 is 4.79 Å². The second-order valence-corrected chi connectivity index (χ2v) is 5.41. The van der Waals surface area contributed by atoms with Gasteiger partial charge in [-0.15, -0.1) is 0 Å². The van der Waals surface area contributed by atoms with Gasteiger partial charge >= 0.3 is 0 Å². The third-order valence-electron chi connectivity index (χ3n) is 4.13. The van der Waals surface area contributed by atoms with Crippen LogP contribution in [0.2, 0.25) is 0 Å². The third-order valence-corrected chi connectivity index (χ3v) is 4.13. The van der Waals surface area contributed by atoms with Gasteiger partial charge in [-0.05, 0) is 25.0 Å². The lowest BCUT2D eigenvalue weighted by atomic mass is 10.1. The Morgan fingerprint density at radius 3 is 3.05 bits per heavy atom. The third kappa shape index (κ3) is 2.04. The van der Waals surface area contributed by atoms with E-state index in [1.54, 1.807) is 6.20 Å². The zero-order valence-electron chi connectivity index (χ0n) is 11.9. The SMILES string of the molecule is O=C(c1n[nH]c2ccccc12)N1CCCC1c1ccncn1. The van der Waals surface area contributed by atoms with E-state index in [0.29, 0.717) is 5.69 Å². The van der Waals surface area contributed by atoms with Gasteiger partial charge < -0.3 is 4.90 Å². The Bertz CT molecular complexity index is 814. The number of hydrogen-bond donors (Lipinski definition) is 1. The Morgan fingerprint density at radius 1 is 1.27 bits per heavy atom. The molecule has 0 saturated carbocycles. The Kier molecular flexibility index (Phi) is 3.07. The minimum absolute atomic E-state index is 0.00552. The molecule has 2 aromatic heterocycles. The highest BCUT2D eigenvalue weighted by Gasteiger charge is 2.33. The monoisotopic (exact) mass is 293 g/mol. The van der Waals surface area contributed by atoms with Gasteiger partial charge in [0.2, 0.25) is 0 Å². The van der Waals surface area contributed by atoms with Crippen LogP contribution in [-0.4, -0.2) is 37.5 Å². The first kappa shape index (κ1) is 12.9. The smallest absolute Gasteiger partial charge is 0.275 e. The molecule has 6 nitrogen and oxygen atoms in total. The molecule has 1 unspecified atom stereocenters. The lowest BCUT2D eigenvalue weighted by molar-refractivity contribution is 0.0728. The molecule has 1 aliphatic rings. The van der Waals surface area contributed by atoms with Crippen molar-refractivity contribution >= 4 is 16.8 Å². The molecular weight excluding hydrogens is 278 g/mol. The normalized spacial score (nSPS) is 18.0. The molecule has 1 aromatic carbocycles. The summed E-state index contributed by atoms with van der Waals surface area (Å²) in [5, 5.41) is 8.00. The number of nitrogens with zero attached hydrogens (tertiary/aromatic N) is 4. The number of aromatic nitrogens is 4. The van der Waals surface area contributed by atoms with Gasteiger partial charge in [0.15, 0.2) is 5.69 Å². The van der Waals surface area contributed by atoms with Crippen LogP contribution in [0.25, 0.3) is 10.9 Å². The second kappa shape index (κ2) is 5.22. The number of nitrogens with one attached hydrogen (secondary N) is 1. The van der Waals surface area contributed by atoms with E-state index >= 15 is 0 Å². The van der Waals surface area contributed by atoms with Crippen LogP contribution in [0.15, 0.2) is 42.9 Å². The summed E-state index contributed by atoms with van der Waals surface area (Å²) < 4.78 is 0. The van der Waals surface area contributed by atoms with Gasteiger partial charge in [0.05, 0.1) is 17.3 Å². The molecule has 22 heavy (non-hydrogen) atoms. The maximum Gasteiger partial charge on any atom is 0.275 e. The van der Waals surface area contributed by atoms with Gasteiger partial charge in [-0.1, -0.05) is 18.2 Å². The number of rotatable bonds is 2. The predicted molar refractivity (Wildman–Crippen MR) is 81.1 cm³/mol. The molecule has 6 heteroatoms. The van der Waals surface area contributed by atoms with E-state index in [-0.39, 0.29) is 11.9 Å². The number of benzene rings is 1. The van der Waals surface area contributed by atoms with E-state index in [4.69, 9.17) is 0 Å². The first-order valence-electron chi connectivity index (χ1n) is 7.34. The Morgan fingerprint density at radius 2 is 2.18 bits per heavy atom. The highest BCUT2D eigenvalue weighted by atomic mass is 16.2. The van der Waals surface area contributed by atoms with E-state index in [2.05, 4.69) is 20.2 Å². The highest BCUT2D eigenvalue weighted by molar-refractivity contribution is 6.04. The number of amides is 1. The molecule has 1 amide bonds. The molecule has 4 rings (SSSR count). The molecule has 3 heterocycles. The molecule has 1 saturated heterocycles. The Hall–Kier alpha value is -2.76. The minimum Gasteiger partial charge on any atom is -0.329 e. The van der Waals surface area contributed by atoms with Crippen molar-refractivity contribution in [3.8, 4) is 0 Å². The number of H-pyrrole nitrogens is 1. The van der Waals surface area contributed by atoms with Crippen molar-refractivity contribution in [3.05, 3.63) is 54.2 Å². The van der Waals surface area contributed by atoms with Crippen LogP contribution in [-0.2, 0) is 0 Å².